The van der Waals surface area contributed by atoms with Crippen LogP contribution in [0.25, 0.3) is 0 Å². The molecule has 5 heteroatoms. The highest BCUT2D eigenvalue weighted by Crippen LogP contribution is 2.33. The lowest BCUT2D eigenvalue weighted by Gasteiger charge is -2.49. The molecule has 0 spiro atoms. The molecule has 2 aromatic carbocycles. The average molecular weight is 428 g/mol. The highest BCUT2D eigenvalue weighted by Gasteiger charge is 2.37. The molecule has 4 rings (SSSR count). The van der Waals surface area contributed by atoms with Crippen LogP contribution in [0.5, 0.6) is 0 Å². The van der Waals surface area contributed by atoms with Crippen molar-refractivity contribution < 1.29 is 8.78 Å². The third-order valence-corrected chi connectivity index (χ3v) is 7.38. The molecule has 0 bridgehead atoms. The number of rotatable bonds is 5. The first kappa shape index (κ1) is 22.2. The van der Waals surface area contributed by atoms with E-state index in [0.717, 1.165) is 45.0 Å². The summed E-state index contributed by atoms with van der Waals surface area (Å²) >= 11 is 0. The Morgan fingerprint density at radius 2 is 1.35 bits per heavy atom. The largest absolute Gasteiger partial charge is 0.369 e. The van der Waals surface area contributed by atoms with Crippen molar-refractivity contribution in [3.05, 3.63) is 65.7 Å². The minimum absolute atomic E-state index is 0.172. The van der Waals surface area contributed by atoms with Crippen LogP contribution in [0.3, 0.4) is 0 Å². The SMILES string of the molecule is CC(C)C1CN(C(C)c2ccc(F)cc2)CCC1N1CCN(c2ccc(F)cc2)CC1. The molecule has 0 amide bonds. The highest BCUT2D eigenvalue weighted by atomic mass is 19.1. The van der Waals surface area contributed by atoms with E-state index in [1.54, 1.807) is 24.3 Å². The lowest BCUT2D eigenvalue weighted by atomic mass is 9.81. The van der Waals surface area contributed by atoms with E-state index in [-0.39, 0.29) is 11.6 Å². The highest BCUT2D eigenvalue weighted by molar-refractivity contribution is 5.46. The molecule has 0 radical (unpaired) electrons. The van der Waals surface area contributed by atoms with E-state index in [0.29, 0.717) is 23.9 Å². The number of piperazine rings is 1. The van der Waals surface area contributed by atoms with Crippen LogP contribution in [0.15, 0.2) is 48.5 Å². The fourth-order valence-electron chi connectivity index (χ4n) is 5.37. The molecule has 2 saturated heterocycles. The molecular formula is C26H35F2N3. The summed E-state index contributed by atoms with van der Waals surface area (Å²) in [5.41, 5.74) is 2.31. The van der Waals surface area contributed by atoms with Crippen LogP contribution < -0.4 is 4.90 Å². The quantitative estimate of drug-likeness (QED) is 0.650. The van der Waals surface area contributed by atoms with Gasteiger partial charge in [0.05, 0.1) is 0 Å². The van der Waals surface area contributed by atoms with Gasteiger partial charge in [0, 0.05) is 57.0 Å². The Labute approximate surface area is 185 Å². The number of anilines is 1. The van der Waals surface area contributed by atoms with Crippen molar-refractivity contribution in [1.29, 1.82) is 0 Å². The summed E-state index contributed by atoms with van der Waals surface area (Å²) in [5, 5.41) is 0. The van der Waals surface area contributed by atoms with E-state index >= 15 is 0 Å². The van der Waals surface area contributed by atoms with Gasteiger partial charge in [-0.3, -0.25) is 9.80 Å². The van der Waals surface area contributed by atoms with Gasteiger partial charge in [-0.25, -0.2) is 8.78 Å². The van der Waals surface area contributed by atoms with Gasteiger partial charge in [0.15, 0.2) is 0 Å². The summed E-state index contributed by atoms with van der Waals surface area (Å²) in [7, 11) is 0. The van der Waals surface area contributed by atoms with Crippen molar-refractivity contribution in [1.82, 2.24) is 9.80 Å². The molecule has 0 aromatic heterocycles. The summed E-state index contributed by atoms with van der Waals surface area (Å²) in [6.45, 7) is 13.2. The number of hydrogen-bond acceptors (Lipinski definition) is 3. The molecule has 168 valence electrons. The van der Waals surface area contributed by atoms with E-state index in [2.05, 4.69) is 35.5 Å². The molecule has 0 saturated carbocycles. The number of nitrogens with zero attached hydrogens (tertiary/aromatic N) is 3. The molecule has 31 heavy (non-hydrogen) atoms. The van der Waals surface area contributed by atoms with Crippen LogP contribution in [0.1, 0.15) is 38.8 Å². The molecule has 2 aromatic rings. The molecule has 0 aliphatic carbocycles. The van der Waals surface area contributed by atoms with Gasteiger partial charge in [-0.2, -0.15) is 0 Å². The normalized spacial score (nSPS) is 24.5. The van der Waals surface area contributed by atoms with Crippen LogP contribution in [0.2, 0.25) is 0 Å². The fourth-order valence-corrected chi connectivity index (χ4v) is 5.37. The number of piperidine rings is 1. The summed E-state index contributed by atoms with van der Waals surface area (Å²) in [6.07, 6.45) is 1.17. The zero-order valence-corrected chi connectivity index (χ0v) is 19.0. The van der Waals surface area contributed by atoms with E-state index < -0.39 is 0 Å². The number of benzene rings is 2. The predicted molar refractivity (Wildman–Crippen MR) is 123 cm³/mol. The molecule has 2 fully saturated rings. The molecule has 2 aliphatic rings. The first-order chi connectivity index (χ1) is 14.9. The lowest BCUT2D eigenvalue weighted by Crippen LogP contribution is -2.58. The minimum atomic E-state index is -0.177. The van der Waals surface area contributed by atoms with E-state index in [1.165, 1.54) is 12.0 Å². The van der Waals surface area contributed by atoms with Gasteiger partial charge in [-0.05, 0) is 67.1 Å². The molecule has 2 heterocycles. The maximum absolute atomic E-state index is 13.3. The second kappa shape index (κ2) is 9.66. The third kappa shape index (κ3) is 5.09. The van der Waals surface area contributed by atoms with Crippen molar-refractivity contribution in [2.24, 2.45) is 11.8 Å². The van der Waals surface area contributed by atoms with Crippen molar-refractivity contribution in [3.8, 4) is 0 Å². The molecule has 3 unspecified atom stereocenters. The monoisotopic (exact) mass is 427 g/mol. The van der Waals surface area contributed by atoms with Gasteiger partial charge < -0.3 is 4.90 Å². The van der Waals surface area contributed by atoms with E-state index in [4.69, 9.17) is 0 Å². The Bertz CT molecular complexity index is 829. The first-order valence-corrected chi connectivity index (χ1v) is 11.7. The van der Waals surface area contributed by atoms with Crippen LogP contribution in [0, 0.1) is 23.5 Å². The zero-order valence-electron chi connectivity index (χ0n) is 19.0. The second-order valence-electron chi connectivity index (χ2n) is 9.49. The van der Waals surface area contributed by atoms with Gasteiger partial charge in [-0.1, -0.05) is 26.0 Å². The Morgan fingerprint density at radius 1 is 0.774 bits per heavy atom. The lowest BCUT2D eigenvalue weighted by molar-refractivity contribution is 0.0168. The predicted octanol–water partition coefficient (Wildman–Crippen LogP) is 5.19. The smallest absolute Gasteiger partial charge is 0.123 e. The molecular weight excluding hydrogens is 392 g/mol. The zero-order chi connectivity index (χ0) is 22.0. The van der Waals surface area contributed by atoms with Gasteiger partial charge in [-0.15, -0.1) is 0 Å². The molecule has 3 nitrogen and oxygen atoms in total. The number of halogens is 2. The van der Waals surface area contributed by atoms with Crippen LogP contribution in [0.4, 0.5) is 14.5 Å². The maximum Gasteiger partial charge on any atom is 0.123 e. The van der Waals surface area contributed by atoms with E-state index in [9.17, 15) is 8.78 Å². The Balaban J connectivity index is 1.38. The van der Waals surface area contributed by atoms with Gasteiger partial charge in [0.1, 0.15) is 11.6 Å². The van der Waals surface area contributed by atoms with Crippen LogP contribution >= 0.6 is 0 Å². The molecule has 3 atom stereocenters. The Hall–Kier alpha value is -1.98. The second-order valence-corrected chi connectivity index (χ2v) is 9.49. The van der Waals surface area contributed by atoms with Crippen LogP contribution in [-0.4, -0.2) is 55.1 Å². The van der Waals surface area contributed by atoms with Crippen molar-refractivity contribution >= 4 is 5.69 Å². The van der Waals surface area contributed by atoms with Crippen molar-refractivity contribution in [3.63, 3.8) is 0 Å². The topological polar surface area (TPSA) is 9.72 Å². The molecule has 2 aliphatic heterocycles. The third-order valence-electron chi connectivity index (χ3n) is 7.38. The Morgan fingerprint density at radius 3 is 1.94 bits per heavy atom. The maximum atomic E-state index is 13.3. The van der Waals surface area contributed by atoms with Crippen molar-refractivity contribution in [2.75, 3.05) is 44.2 Å². The summed E-state index contributed by atoms with van der Waals surface area (Å²) in [4.78, 5) is 7.62. The molecule has 0 N–H and O–H groups in total. The summed E-state index contributed by atoms with van der Waals surface area (Å²) in [6, 6.07) is 14.8. The Kier molecular flexibility index (Phi) is 6.92. The fraction of sp³-hybridized carbons (Fsp3) is 0.538. The number of likely N-dealkylation sites (tertiary alicyclic amines) is 1. The summed E-state index contributed by atoms with van der Waals surface area (Å²) < 4.78 is 26.6. The van der Waals surface area contributed by atoms with Crippen molar-refractivity contribution in [2.45, 2.75) is 39.3 Å². The van der Waals surface area contributed by atoms with Gasteiger partial charge in [0.2, 0.25) is 0 Å². The van der Waals surface area contributed by atoms with Gasteiger partial charge >= 0.3 is 0 Å². The van der Waals surface area contributed by atoms with Gasteiger partial charge in [0.25, 0.3) is 0 Å². The van der Waals surface area contributed by atoms with E-state index in [1.807, 2.05) is 24.3 Å². The van der Waals surface area contributed by atoms with Crippen LogP contribution in [-0.2, 0) is 0 Å². The minimum Gasteiger partial charge on any atom is -0.369 e. The standard InChI is InChI=1S/C26H35F2N3/c1-19(2)25-18-31(20(3)21-4-6-22(27)7-5-21)13-12-26(25)30-16-14-29(15-17-30)24-10-8-23(28)9-11-24/h4-11,19-20,25-26H,12-18H2,1-3H3. The summed E-state index contributed by atoms with van der Waals surface area (Å²) in [5.74, 6) is 0.885. The number of hydrogen-bond donors (Lipinski definition) is 0. The average Bonchev–Trinajstić information content (AvgIpc) is 2.79. The first-order valence-electron chi connectivity index (χ1n) is 11.7.